The van der Waals surface area contributed by atoms with Gasteiger partial charge < -0.3 is 5.32 Å². The van der Waals surface area contributed by atoms with E-state index in [1.165, 1.54) is 5.37 Å². The van der Waals surface area contributed by atoms with Crippen LogP contribution in [0.15, 0.2) is 72.0 Å². The molecule has 1 amide bonds. The van der Waals surface area contributed by atoms with E-state index in [0.29, 0.717) is 11.3 Å². The molecule has 1 fully saturated rings. The quantitative estimate of drug-likeness (QED) is 0.673. The molecule has 19 heavy (non-hydrogen) atoms. The Hall–Kier alpha value is -2.26. The summed E-state index contributed by atoms with van der Waals surface area (Å²) in [5, 5.41) is 4.28. The van der Waals surface area contributed by atoms with E-state index in [0.717, 1.165) is 11.1 Å². The number of carbonyl (C=O) groups is 1. The Bertz CT molecular complexity index is 609. The van der Waals surface area contributed by atoms with Gasteiger partial charge in [-0.3, -0.25) is 4.79 Å². The first-order valence-electron chi connectivity index (χ1n) is 5.83. The topological polar surface area (TPSA) is 29.1 Å². The van der Waals surface area contributed by atoms with E-state index in [4.69, 9.17) is 12.2 Å². The monoisotopic (exact) mass is 267 g/mol. The number of amides is 1. The fraction of sp³-hybridized carbons (Fsp3) is 0. The standard InChI is InChI=1S/C16H13NOS/c1-2-6-13-14(11-12-7-4-3-5-8-12)16(18)17-15(13)9-10-19/h2-11H,1H2,(H,17,18). The van der Waals surface area contributed by atoms with Crippen LogP contribution in [0.5, 0.6) is 0 Å². The van der Waals surface area contributed by atoms with Crippen molar-refractivity contribution < 1.29 is 4.79 Å². The zero-order valence-corrected chi connectivity index (χ0v) is 11.1. The summed E-state index contributed by atoms with van der Waals surface area (Å²) in [6.07, 6.45) is 7.02. The summed E-state index contributed by atoms with van der Waals surface area (Å²) in [5.41, 5.74) is 3.12. The summed E-state index contributed by atoms with van der Waals surface area (Å²) in [4.78, 5) is 12.0. The van der Waals surface area contributed by atoms with Crippen LogP contribution in [-0.2, 0) is 4.79 Å². The maximum Gasteiger partial charge on any atom is 0.256 e. The molecule has 1 aromatic rings. The summed E-state index contributed by atoms with van der Waals surface area (Å²) in [5.74, 6) is -0.125. The molecular weight excluding hydrogens is 254 g/mol. The highest BCUT2D eigenvalue weighted by Gasteiger charge is 2.26. The molecule has 1 heterocycles. The number of carbonyl (C=O) groups excluding carboxylic acids is 1. The second-order valence-corrected chi connectivity index (χ2v) is 4.23. The fourth-order valence-corrected chi connectivity index (χ4v) is 2.02. The van der Waals surface area contributed by atoms with Gasteiger partial charge in [0.1, 0.15) is 0 Å². The first-order valence-corrected chi connectivity index (χ1v) is 6.30. The zero-order valence-electron chi connectivity index (χ0n) is 10.3. The van der Waals surface area contributed by atoms with Crippen molar-refractivity contribution in [1.82, 2.24) is 5.32 Å². The lowest BCUT2D eigenvalue weighted by atomic mass is 10.0. The van der Waals surface area contributed by atoms with Crippen molar-refractivity contribution in [2.75, 3.05) is 0 Å². The molecule has 0 aliphatic carbocycles. The minimum atomic E-state index is -0.125. The van der Waals surface area contributed by atoms with Crippen molar-refractivity contribution >= 4 is 29.6 Å². The molecule has 2 rings (SSSR count). The minimum absolute atomic E-state index is 0.125. The number of allylic oxidation sites excluding steroid dienone is 4. The van der Waals surface area contributed by atoms with Crippen molar-refractivity contribution in [2.45, 2.75) is 0 Å². The van der Waals surface area contributed by atoms with Crippen molar-refractivity contribution in [1.29, 1.82) is 0 Å². The van der Waals surface area contributed by atoms with Gasteiger partial charge in [0.2, 0.25) is 0 Å². The van der Waals surface area contributed by atoms with E-state index >= 15 is 0 Å². The van der Waals surface area contributed by atoms with Crippen LogP contribution < -0.4 is 5.32 Å². The van der Waals surface area contributed by atoms with Crippen LogP contribution >= 0.6 is 12.2 Å². The lowest BCUT2D eigenvalue weighted by molar-refractivity contribution is -0.115. The number of benzene rings is 1. The fourth-order valence-electron chi connectivity index (χ4n) is 1.88. The first kappa shape index (κ1) is 13.2. The molecule has 1 saturated heterocycles. The highest BCUT2D eigenvalue weighted by atomic mass is 32.1. The molecule has 3 heteroatoms. The largest absolute Gasteiger partial charge is 0.321 e. The zero-order chi connectivity index (χ0) is 13.7. The van der Waals surface area contributed by atoms with E-state index < -0.39 is 0 Å². The molecule has 1 aliphatic heterocycles. The van der Waals surface area contributed by atoms with E-state index in [9.17, 15) is 4.79 Å². The number of thiocarbonyl (C=S) groups is 1. The summed E-state index contributed by atoms with van der Waals surface area (Å²) >= 11 is 4.81. The summed E-state index contributed by atoms with van der Waals surface area (Å²) < 4.78 is 0. The van der Waals surface area contributed by atoms with Gasteiger partial charge in [-0.05, 0) is 17.7 Å². The normalized spacial score (nSPS) is 20.8. The molecule has 94 valence electrons. The number of hydrogen-bond donors (Lipinski definition) is 1. The molecule has 0 spiro atoms. The SMILES string of the molecule is C=CC=C1C(=CC=S)NC(=O)C1=Cc1ccccc1. The Labute approximate surface area is 117 Å². The lowest BCUT2D eigenvalue weighted by Crippen LogP contribution is -2.13. The first-order chi connectivity index (χ1) is 9.26. The van der Waals surface area contributed by atoms with Crippen molar-refractivity contribution in [3.05, 3.63) is 77.5 Å². The van der Waals surface area contributed by atoms with E-state index in [2.05, 4.69) is 11.9 Å². The molecule has 0 unspecified atom stereocenters. The Kier molecular flexibility index (Phi) is 4.21. The smallest absolute Gasteiger partial charge is 0.256 e. The van der Waals surface area contributed by atoms with Crippen LogP contribution in [0.1, 0.15) is 5.56 Å². The molecule has 0 bridgehead atoms. The lowest BCUT2D eigenvalue weighted by Gasteiger charge is -1.99. The van der Waals surface area contributed by atoms with Crippen LogP contribution in [0.2, 0.25) is 0 Å². The second-order valence-electron chi connectivity index (χ2n) is 3.96. The van der Waals surface area contributed by atoms with Gasteiger partial charge in [-0.2, -0.15) is 0 Å². The number of rotatable bonds is 3. The maximum absolute atomic E-state index is 12.0. The minimum Gasteiger partial charge on any atom is -0.321 e. The molecule has 1 aliphatic rings. The number of nitrogens with one attached hydrogen (secondary N) is 1. The van der Waals surface area contributed by atoms with Crippen LogP contribution in [0.3, 0.4) is 0 Å². The summed E-state index contributed by atoms with van der Waals surface area (Å²) in [7, 11) is 0. The molecule has 0 atom stereocenters. The Morgan fingerprint density at radius 3 is 2.47 bits per heavy atom. The highest BCUT2D eigenvalue weighted by molar-refractivity contribution is 7.79. The highest BCUT2D eigenvalue weighted by Crippen LogP contribution is 2.27. The molecule has 2 nitrogen and oxygen atoms in total. The van der Waals surface area contributed by atoms with Crippen molar-refractivity contribution in [2.24, 2.45) is 0 Å². The van der Waals surface area contributed by atoms with Gasteiger partial charge in [0, 0.05) is 22.2 Å². The van der Waals surface area contributed by atoms with E-state index in [-0.39, 0.29) is 5.91 Å². The Balaban J connectivity index is 2.49. The summed E-state index contributed by atoms with van der Waals surface area (Å²) in [6, 6.07) is 9.71. The average molecular weight is 267 g/mol. The van der Waals surface area contributed by atoms with Crippen LogP contribution in [0.4, 0.5) is 0 Å². The van der Waals surface area contributed by atoms with Gasteiger partial charge in [-0.1, -0.05) is 61.3 Å². The van der Waals surface area contributed by atoms with E-state index in [1.807, 2.05) is 36.4 Å². The molecule has 1 N–H and O–H groups in total. The van der Waals surface area contributed by atoms with Gasteiger partial charge in [-0.15, -0.1) is 0 Å². The maximum atomic E-state index is 12.0. The number of hydrogen-bond acceptors (Lipinski definition) is 2. The van der Waals surface area contributed by atoms with Gasteiger partial charge in [0.15, 0.2) is 0 Å². The van der Waals surface area contributed by atoms with Crippen LogP contribution in [0.25, 0.3) is 6.08 Å². The summed E-state index contributed by atoms with van der Waals surface area (Å²) in [6.45, 7) is 3.68. The van der Waals surface area contributed by atoms with Crippen LogP contribution in [-0.4, -0.2) is 11.3 Å². The molecule has 1 aromatic carbocycles. The molecule has 0 radical (unpaired) electrons. The van der Waals surface area contributed by atoms with Gasteiger partial charge in [0.25, 0.3) is 5.91 Å². The molecule has 0 saturated carbocycles. The average Bonchev–Trinajstić information content (AvgIpc) is 2.69. The predicted octanol–water partition coefficient (Wildman–Crippen LogP) is 3.20. The van der Waals surface area contributed by atoms with E-state index in [1.54, 1.807) is 18.2 Å². The van der Waals surface area contributed by atoms with Gasteiger partial charge in [0.05, 0.1) is 0 Å². The van der Waals surface area contributed by atoms with Crippen LogP contribution in [0, 0.1) is 0 Å². The third kappa shape index (κ3) is 2.95. The third-order valence-corrected chi connectivity index (χ3v) is 2.84. The molecule has 0 aromatic heterocycles. The molecular formula is C16H13NOS. The van der Waals surface area contributed by atoms with Crippen molar-refractivity contribution in [3.8, 4) is 0 Å². The Morgan fingerprint density at radius 2 is 1.84 bits per heavy atom. The van der Waals surface area contributed by atoms with Gasteiger partial charge >= 0.3 is 0 Å². The second kappa shape index (κ2) is 6.07. The van der Waals surface area contributed by atoms with Gasteiger partial charge in [-0.25, -0.2) is 0 Å². The van der Waals surface area contributed by atoms with Crippen molar-refractivity contribution in [3.63, 3.8) is 0 Å². The third-order valence-electron chi connectivity index (χ3n) is 2.70. The predicted molar refractivity (Wildman–Crippen MR) is 82.6 cm³/mol. The Morgan fingerprint density at radius 1 is 1.11 bits per heavy atom.